The smallest absolute Gasteiger partial charge is 0.0229 e. The second-order valence-corrected chi connectivity index (χ2v) is 8.96. The van der Waals surface area contributed by atoms with Crippen molar-refractivity contribution in [3.63, 3.8) is 0 Å². The Balaban J connectivity index is 2.71. The molecule has 1 aliphatic rings. The Kier molecular flexibility index (Phi) is 5.30. The monoisotopic (exact) mass is 242 g/mol. The summed E-state index contributed by atoms with van der Waals surface area (Å²) in [6, 6.07) is 0. The van der Waals surface area contributed by atoms with Crippen LogP contribution >= 0.6 is 8.58 Å². The van der Waals surface area contributed by atoms with Crippen molar-refractivity contribution >= 4 is 8.58 Å². The van der Waals surface area contributed by atoms with Crippen molar-refractivity contribution < 1.29 is 0 Å². The highest BCUT2D eigenvalue weighted by Gasteiger charge is 2.41. The molecule has 0 amide bonds. The molecule has 0 aliphatic heterocycles. The average Bonchev–Trinajstić information content (AvgIpc) is 2.16. The van der Waals surface area contributed by atoms with E-state index < -0.39 is 0 Å². The summed E-state index contributed by atoms with van der Waals surface area (Å²) in [5.41, 5.74) is 2.57. The zero-order valence-corrected chi connectivity index (χ0v) is 13.1. The van der Waals surface area contributed by atoms with E-state index in [2.05, 4.69) is 41.5 Å². The van der Waals surface area contributed by atoms with Crippen LogP contribution in [0.5, 0.6) is 0 Å². The van der Waals surface area contributed by atoms with Gasteiger partial charge in [0.05, 0.1) is 0 Å². The van der Waals surface area contributed by atoms with Crippen LogP contribution in [0.1, 0.15) is 67.2 Å². The van der Waals surface area contributed by atoms with Gasteiger partial charge >= 0.3 is 0 Å². The lowest BCUT2D eigenvalue weighted by molar-refractivity contribution is 0.0612. The van der Waals surface area contributed by atoms with Crippen molar-refractivity contribution in [3.05, 3.63) is 0 Å². The zero-order valence-electron chi connectivity index (χ0n) is 12.1. The molecule has 1 heteroatoms. The maximum atomic E-state index is 2.45. The van der Waals surface area contributed by atoms with Crippen LogP contribution in [0.3, 0.4) is 0 Å². The predicted molar refractivity (Wildman–Crippen MR) is 77.8 cm³/mol. The molecule has 0 heterocycles. The molecule has 0 N–H and O–H groups in total. The van der Waals surface area contributed by atoms with Crippen molar-refractivity contribution in [2.75, 3.05) is 0 Å². The second-order valence-electron chi connectivity index (χ2n) is 6.66. The van der Waals surface area contributed by atoms with Crippen LogP contribution in [0.25, 0.3) is 0 Å². The summed E-state index contributed by atoms with van der Waals surface area (Å²) in [6.07, 6.45) is 5.94. The van der Waals surface area contributed by atoms with Crippen molar-refractivity contribution in [1.29, 1.82) is 0 Å². The molecule has 1 rings (SSSR count). The molecule has 2 atom stereocenters. The van der Waals surface area contributed by atoms with Crippen molar-refractivity contribution in [2.24, 2.45) is 17.3 Å². The van der Waals surface area contributed by atoms with E-state index in [0.717, 1.165) is 23.2 Å². The predicted octanol–water partition coefficient (Wildman–Crippen LogP) is 5.31. The number of hydrogen-bond acceptors (Lipinski definition) is 0. The third-order valence-electron chi connectivity index (χ3n) is 4.69. The molecule has 16 heavy (non-hydrogen) atoms. The van der Waals surface area contributed by atoms with E-state index in [1.807, 2.05) is 0 Å². The summed E-state index contributed by atoms with van der Waals surface area (Å²) in [5.74, 6) is 1.71. The molecular formula is C15H31P. The minimum Gasteiger partial charge on any atom is -0.116 e. The molecule has 1 saturated carbocycles. The largest absolute Gasteiger partial charge is 0.116 e. The fraction of sp³-hybridized carbons (Fsp3) is 1.00. The van der Waals surface area contributed by atoms with Crippen LogP contribution in [-0.2, 0) is 0 Å². The van der Waals surface area contributed by atoms with Crippen LogP contribution in [0.15, 0.2) is 0 Å². The van der Waals surface area contributed by atoms with Crippen LogP contribution in [0.4, 0.5) is 0 Å². The molecule has 2 unspecified atom stereocenters. The molecule has 0 aromatic carbocycles. The van der Waals surface area contributed by atoms with Gasteiger partial charge in [0.1, 0.15) is 0 Å². The van der Waals surface area contributed by atoms with Gasteiger partial charge in [-0.25, -0.2) is 0 Å². The van der Waals surface area contributed by atoms with Crippen LogP contribution in [-0.4, -0.2) is 11.3 Å². The van der Waals surface area contributed by atoms with Gasteiger partial charge in [0, 0.05) is 0 Å². The van der Waals surface area contributed by atoms with Crippen molar-refractivity contribution in [1.82, 2.24) is 0 Å². The highest BCUT2D eigenvalue weighted by Crippen LogP contribution is 2.52. The summed E-state index contributed by atoms with van der Waals surface area (Å²) in [4.78, 5) is 0. The Hall–Kier alpha value is 0.430. The van der Waals surface area contributed by atoms with E-state index in [0.29, 0.717) is 5.41 Å². The summed E-state index contributed by atoms with van der Waals surface area (Å²) in [5, 5.41) is 0. The fourth-order valence-corrected chi connectivity index (χ4v) is 5.48. The summed E-state index contributed by atoms with van der Waals surface area (Å²) >= 11 is 0. The quantitative estimate of drug-likeness (QED) is 0.586. The standard InChI is InChI=1S/C15H31P/c1-11(2)15(12(3)4)9-7-8-14(10-15)16-13(5)6/h11-14,16H,7-10H2,1-6H3. The summed E-state index contributed by atoms with van der Waals surface area (Å²) in [7, 11) is 1.19. The number of rotatable bonds is 4. The Morgan fingerprint density at radius 1 is 1.00 bits per heavy atom. The summed E-state index contributed by atoms with van der Waals surface area (Å²) < 4.78 is 0. The minimum atomic E-state index is 0.644. The van der Waals surface area contributed by atoms with Crippen molar-refractivity contribution in [3.8, 4) is 0 Å². The SMILES string of the molecule is CC(C)PC1CCCC(C(C)C)(C(C)C)C1. The lowest BCUT2D eigenvalue weighted by Crippen LogP contribution is -2.39. The Bertz CT molecular complexity index is 197. The Morgan fingerprint density at radius 3 is 2.00 bits per heavy atom. The highest BCUT2D eigenvalue weighted by molar-refractivity contribution is 7.39. The first-order valence-electron chi connectivity index (χ1n) is 7.14. The minimum absolute atomic E-state index is 0.644. The van der Waals surface area contributed by atoms with Gasteiger partial charge in [-0.15, -0.1) is 8.58 Å². The third kappa shape index (κ3) is 3.22. The van der Waals surface area contributed by atoms with Crippen LogP contribution in [0.2, 0.25) is 0 Å². The van der Waals surface area contributed by atoms with Crippen LogP contribution in [0, 0.1) is 17.3 Å². The van der Waals surface area contributed by atoms with Gasteiger partial charge in [-0.3, -0.25) is 0 Å². The summed E-state index contributed by atoms with van der Waals surface area (Å²) in [6.45, 7) is 14.6. The molecule has 0 bridgehead atoms. The molecule has 0 nitrogen and oxygen atoms in total. The molecular weight excluding hydrogens is 211 g/mol. The van der Waals surface area contributed by atoms with Gasteiger partial charge in [-0.2, -0.15) is 0 Å². The van der Waals surface area contributed by atoms with E-state index in [4.69, 9.17) is 0 Å². The lowest BCUT2D eigenvalue weighted by atomic mass is 9.61. The maximum absolute atomic E-state index is 2.45. The maximum Gasteiger partial charge on any atom is -0.0229 e. The average molecular weight is 242 g/mol. The fourth-order valence-electron chi connectivity index (χ4n) is 3.67. The van der Waals surface area contributed by atoms with E-state index in [1.54, 1.807) is 0 Å². The van der Waals surface area contributed by atoms with E-state index in [9.17, 15) is 0 Å². The molecule has 1 fully saturated rings. The third-order valence-corrected chi connectivity index (χ3v) is 6.32. The molecule has 0 aromatic rings. The van der Waals surface area contributed by atoms with Gasteiger partial charge in [-0.05, 0) is 47.8 Å². The normalized spacial score (nSPS) is 26.4. The highest BCUT2D eigenvalue weighted by atomic mass is 31.1. The van der Waals surface area contributed by atoms with Crippen LogP contribution < -0.4 is 0 Å². The Labute approximate surface area is 105 Å². The zero-order chi connectivity index (χ0) is 12.3. The lowest BCUT2D eigenvalue weighted by Gasteiger charge is -2.48. The van der Waals surface area contributed by atoms with Gasteiger partial charge in [0.25, 0.3) is 0 Å². The van der Waals surface area contributed by atoms with Gasteiger partial charge in [0.15, 0.2) is 0 Å². The second kappa shape index (κ2) is 5.85. The van der Waals surface area contributed by atoms with Gasteiger partial charge in [0.2, 0.25) is 0 Å². The van der Waals surface area contributed by atoms with Crippen molar-refractivity contribution in [2.45, 2.75) is 78.5 Å². The molecule has 0 saturated heterocycles. The van der Waals surface area contributed by atoms with Gasteiger partial charge in [-0.1, -0.05) is 48.0 Å². The first-order chi connectivity index (χ1) is 7.38. The number of hydrogen-bond donors (Lipinski definition) is 0. The first kappa shape index (κ1) is 14.5. The van der Waals surface area contributed by atoms with E-state index in [1.165, 1.54) is 34.3 Å². The topological polar surface area (TPSA) is 0 Å². The molecule has 96 valence electrons. The molecule has 0 aromatic heterocycles. The Morgan fingerprint density at radius 2 is 1.56 bits per heavy atom. The molecule has 0 radical (unpaired) electrons. The first-order valence-corrected chi connectivity index (χ1v) is 8.30. The molecule has 0 spiro atoms. The molecule has 1 aliphatic carbocycles. The van der Waals surface area contributed by atoms with Gasteiger partial charge < -0.3 is 0 Å². The van der Waals surface area contributed by atoms with E-state index >= 15 is 0 Å². The van der Waals surface area contributed by atoms with E-state index in [-0.39, 0.29) is 0 Å².